The highest BCUT2D eigenvalue weighted by molar-refractivity contribution is 5.87. The molecule has 1 N–H and O–H groups in total. The van der Waals surface area contributed by atoms with Crippen LogP contribution in [0, 0.1) is 6.92 Å². The minimum Gasteiger partial charge on any atom is -0.373 e. The smallest absolute Gasteiger partial charge is 0.258 e. The van der Waals surface area contributed by atoms with Crippen molar-refractivity contribution >= 4 is 22.8 Å². The molecular formula is C27H34FN5O3. The minimum atomic E-state index is -1.06. The molecule has 3 aromatic rings. The Hall–Kier alpha value is -3.33. The van der Waals surface area contributed by atoms with Gasteiger partial charge in [-0.2, -0.15) is 0 Å². The van der Waals surface area contributed by atoms with Gasteiger partial charge in [0.25, 0.3) is 5.56 Å². The van der Waals surface area contributed by atoms with E-state index in [9.17, 15) is 14.0 Å². The van der Waals surface area contributed by atoms with Gasteiger partial charge in [-0.05, 0) is 56.4 Å². The Balaban J connectivity index is 1.77. The normalized spacial score (nSPS) is 17.1. The molecule has 0 bridgehead atoms. The van der Waals surface area contributed by atoms with Gasteiger partial charge in [0, 0.05) is 34.2 Å². The van der Waals surface area contributed by atoms with Gasteiger partial charge in [-0.15, -0.1) is 0 Å². The highest BCUT2D eigenvalue weighted by atomic mass is 19.1. The minimum absolute atomic E-state index is 0.0153. The summed E-state index contributed by atoms with van der Waals surface area (Å²) < 4.78 is 21.6. The molecule has 1 fully saturated rings. The fourth-order valence-electron chi connectivity index (χ4n) is 5.33. The van der Waals surface area contributed by atoms with Gasteiger partial charge in [0.15, 0.2) is 0 Å². The molecule has 2 aromatic heterocycles. The van der Waals surface area contributed by atoms with Crippen LogP contribution in [0.15, 0.2) is 35.4 Å². The summed E-state index contributed by atoms with van der Waals surface area (Å²) in [5.41, 5.74) is 2.57. The van der Waals surface area contributed by atoms with Crippen LogP contribution in [0.4, 0.5) is 10.2 Å². The van der Waals surface area contributed by atoms with E-state index in [1.54, 1.807) is 32.0 Å². The number of amides is 1. The molecule has 9 heteroatoms. The van der Waals surface area contributed by atoms with E-state index in [1.165, 1.54) is 17.8 Å². The van der Waals surface area contributed by atoms with Gasteiger partial charge in [0.1, 0.15) is 29.6 Å². The Bertz CT molecular complexity index is 1350. The lowest BCUT2D eigenvalue weighted by molar-refractivity contribution is -0.135. The number of fused-ring (bicyclic) bond motifs is 1. The first-order chi connectivity index (χ1) is 17.1. The molecule has 4 rings (SSSR count). The van der Waals surface area contributed by atoms with Gasteiger partial charge in [-0.3, -0.25) is 14.2 Å². The Morgan fingerprint density at radius 3 is 2.47 bits per heavy atom. The number of nitrogens with zero attached hydrogens (tertiary/aromatic N) is 4. The number of aromatic nitrogens is 3. The second-order valence-corrected chi connectivity index (χ2v) is 9.63. The molecule has 192 valence electrons. The molecule has 0 aliphatic carbocycles. The van der Waals surface area contributed by atoms with Crippen molar-refractivity contribution in [1.82, 2.24) is 19.4 Å². The molecule has 1 aliphatic heterocycles. The predicted molar refractivity (Wildman–Crippen MR) is 138 cm³/mol. The summed E-state index contributed by atoms with van der Waals surface area (Å²) in [6.07, 6.45) is 1.41. The highest BCUT2D eigenvalue weighted by Gasteiger charge is 2.40. The van der Waals surface area contributed by atoms with Crippen molar-refractivity contribution in [1.29, 1.82) is 0 Å². The molecular weight excluding hydrogens is 461 g/mol. The van der Waals surface area contributed by atoms with Crippen molar-refractivity contribution in [2.75, 3.05) is 25.5 Å². The zero-order valence-electron chi connectivity index (χ0n) is 21.8. The number of pyridine rings is 1. The zero-order valence-corrected chi connectivity index (χ0v) is 21.8. The second-order valence-electron chi connectivity index (χ2n) is 9.63. The summed E-state index contributed by atoms with van der Waals surface area (Å²) in [5.74, 6) is 0.594. The van der Waals surface area contributed by atoms with Crippen LogP contribution in [-0.4, -0.2) is 45.5 Å². The summed E-state index contributed by atoms with van der Waals surface area (Å²) in [6.45, 7) is 8.04. The van der Waals surface area contributed by atoms with Gasteiger partial charge < -0.3 is 15.0 Å². The van der Waals surface area contributed by atoms with Crippen LogP contribution in [0.2, 0.25) is 0 Å². The SMILES string of the molecule is COC1(c2cc3c(N[C@H](C)c4cccc(C(C)F)c4C)ncnc3n(C)c2=O)CCN(C(C)=O)CC1. The van der Waals surface area contributed by atoms with Crippen LogP contribution >= 0.6 is 0 Å². The van der Waals surface area contributed by atoms with Crippen LogP contribution < -0.4 is 10.9 Å². The lowest BCUT2D eigenvalue weighted by atomic mass is 9.84. The third-order valence-electron chi connectivity index (χ3n) is 7.57. The van der Waals surface area contributed by atoms with E-state index in [1.807, 2.05) is 32.0 Å². The molecule has 3 heterocycles. The molecule has 1 amide bonds. The standard InChI is InChI=1S/C27H34FN5O3/c1-16-20(17(2)28)8-7-9-21(16)18(3)31-24-22-14-23(26(35)32(5)25(22)30-15-29-24)27(36-6)10-12-33(13-11-27)19(4)34/h7-9,14-15,17-18H,10-13H2,1-6H3,(H,29,30,31)/t17?,18-/m1/s1. The van der Waals surface area contributed by atoms with E-state index >= 15 is 0 Å². The summed E-state index contributed by atoms with van der Waals surface area (Å²) in [6, 6.07) is 7.30. The van der Waals surface area contributed by atoms with E-state index in [0.29, 0.717) is 53.9 Å². The fraction of sp³-hybridized carbons (Fsp3) is 0.481. The molecule has 1 aromatic carbocycles. The Labute approximate surface area is 210 Å². The third-order valence-corrected chi connectivity index (χ3v) is 7.57. The van der Waals surface area contributed by atoms with E-state index in [0.717, 1.165) is 11.1 Å². The van der Waals surface area contributed by atoms with Gasteiger partial charge >= 0.3 is 0 Å². The number of benzene rings is 1. The summed E-state index contributed by atoms with van der Waals surface area (Å²) in [7, 11) is 3.30. The number of aryl methyl sites for hydroxylation is 1. The quantitative estimate of drug-likeness (QED) is 0.548. The van der Waals surface area contributed by atoms with Crippen molar-refractivity contribution in [2.24, 2.45) is 7.05 Å². The third kappa shape index (κ3) is 4.48. The molecule has 1 saturated heterocycles. The van der Waals surface area contributed by atoms with E-state index < -0.39 is 11.8 Å². The number of carbonyl (C=O) groups is 1. The molecule has 1 unspecified atom stereocenters. The first-order valence-corrected chi connectivity index (χ1v) is 12.3. The van der Waals surface area contributed by atoms with E-state index in [-0.39, 0.29) is 17.5 Å². The van der Waals surface area contributed by atoms with Crippen molar-refractivity contribution < 1.29 is 13.9 Å². The Kier molecular flexibility index (Phi) is 7.13. The number of hydrogen-bond donors (Lipinski definition) is 1. The summed E-state index contributed by atoms with van der Waals surface area (Å²) in [5, 5.41) is 4.15. The molecule has 0 radical (unpaired) electrons. The number of piperidine rings is 1. The van der Waals surface area contributed by atoms with Crippen molar-refractivity contribution in [3.8, 4) is 0 Å². The maximum absolute atomic E-state index is 14.1. The number of methoxy groups -OCH3 is 1. The number of ether oxygens (including phenoxy) is 1. The fourth-order valence-corrected chi connectivity index (χ4v) is 5.33. The molecule has 0 spiro atoms. The topological polar surface area (TPSA) is 89.3 Å². The lowest BCUT2D eigenvalue weighted by Gasteiger charge is -2.40. The zero-order chi connectivity index (χ0) is 26.2. The van der Waals surface area contributed by atoms with Crippen molar-refractivity contribution in [3.05, 3.63) is 63.2 Å². The first-order valence-electron chi connectivity index (χ1n) is 12.3. The largest absolute Gasteiger partial charge is 0.373 e. The van der Waals surface area contributed by atoms with Crippen molar-refractivity contribution in [2.45, 2.75) is 58.4 Å². The van der Waals surface area contributed by atoms with Crippen LogP contribution in [0.3, 0.4) is 0 Å². The average Bonchev–Trinajstić information content (AvgIpc) is 2.86. The number of likely N-dealkylation sites (tertiary alicyclic amines) is 1. The summed E-state index contributed by atoms with van der Waals surface area (Å²) >= 11 is 0. The average molecular weight is 496 g/mol. The Morgan fingerprint density at radius 2 is 1.86 bits per heavy atom. The van der Waals surface area contributed by atoms with Crippen molar-refractivity contribution in [3.63, 3.8) is 0 Å². The first kappa shape index (κ1) is 25.8. The van der Waals surface area contributed by atoms with Crippen LogP contribution in [0.1, 0.15) is 68.1 Å². The van der Waals surface area contributed by atoms with E-state index in [4.69, 9.17) is 4.74 Å². The molecule has 2 atom stereocenters. The molecule has 0 saturated carbocycles. The maximum Gasteiger partial charge on any atom is 0.258 e. The summed E-state index contributed by atoms with van der Waals surface area (Å²) in [4.78, 5) is 35.9. The number of halogens is 1. The Morgan fingerprint density at radius 1 is 1.19 bits per heavy atom. The van der Waals surface area contributed by atoms with Gasteiger partial charge in [-0.25, -0.2) is 14.4 Å². The number of nitrogens with one attached hydrogen (secondary N) is 1. The number of hydrogen-bond acceptors (Lipinski definition) is 6. The highest BCUT2D eigenvalue weighted by Crippen LogP contribution is 2.37. The van der Waals surface area contributed by atoms with Crippen LogP contribution in [-0.2, 0) is 22.2 Å². The van der Waals surface area contributed by atoms with Gasteiger partial charge in [-0.1, -0.05) is 18.2 Å². The monoisotopic (exact) mass is 495 g/mol. The second kappa shape index (κ2) is 9.97. The number of anilines is 1. The molecule has 8 nitrogen and oxygen atoms in total. The number of rotatable bonds is 6. The van der Waals surface area contributed by atoms with Gasteiger partial charge in [0.05, 0.1) is 17.0 Å². The number of carbonyl (C=O) groups excluding carboxylic acids is 1. The lowest BCUT2D eigenvalue weighted by Crippen LogP contribution is -2.48. The van der Waals surface area contributed by atoms with E-state index in [2.05, 4.69) is 15.3 Å². The maximum atomic E-state index is 14.1. The predicted octanol–water partition coefficient (Wildman–Crippen LogP) is 4.32. The van der Waals surface area contributed by atoms with Crippen LogP contribution in [0.5, 0.6) is 0 Å². The van der Waals surface area contributed by atoms with Crippen LogP contribution in [0.25, 0.3) is 11.0 Å². The number of alkyl halides is 1. The van der Waals surface area contributed by atoms with Gasteiger partial charge in [0.2, 0.25) is 5.91 Å². The molecule has 36 heavy (non-hydrogen) atoms. The molecule has 1 aliphatic rings.